The lowest BCUT2D eigenvalue weighted by Gasteiger charge is -2.37. The van der Waals surface area contributed by atoms with Crippen LogP contribution in [0.2, 0.25) is 0 Å². The number of hydrogen-bond donors (Lipinski definition) is 1. The van der Waals surface area contributed by atoms with Crippen molar-refractivity contribution in [3.63, 3.8) is 0 Å². The van der Waals surface area contributed by atoms with E-state index in [1.807, 2.05) is 23.8 Å². The smallest absolute Gasteiger partial charge is 0.252 e. The second-order valence-corrected chi connectivity index (χ2v) is 4.40. The van der Waals surface area contributed by atoms with Crippen molar-refractivity contribution in [3.05, 3.63) is 22.4 Å². The van der Waals surface area contributed by atoms with Crippen LogP contribution < -0.4 is 5.32 Å². The molecule has 0 aliphatic carbocycles. The predicted molar refractivity (Wildman–Crippen MR) is 61.2 cm³/mol. The van der Waals surface area contributed by atoms with Crippen molar-refractivity contribution in [2.75, 3.05) is 6.61 Å². The minimum absolute atomic E-state index is 0.0262. The van der Waals surface area contributed by atoms with E-state index in [-0.39, 0.29) is 18.2 Å². The maximum Gasteiger partial charge on any atom is 0.252 e. The Kier molecular flexibility index (Phi) is 3.58. The lowest BCUT2D eigenvalue weighted by Crippen LogP contribution is -2.58. The van der Waals surface area contributed by atoms with Crippen LogP contribution in [-0.2, 0) is 14.3 Å². The van der Waals surface area contributed by atoms with Crippen LogP contribution in [0, 0.1) is 0 Å². The average molecular weight is 241 g/mol. The van der Waals surface area contributed by atoms with Crippen molar-refractivity contribution in [2.45, 2.75) is 32.3 Å². The summed E-state index contributed by atoms with van der Waals surface area (Å²) in [4.78, 5) is 11.4. The summed E-state index contributed by atoms with van der Waals surface area (Å²) < 4.78 is 10.8. The maximum absolute atomic E-state index is 11.4. The van der Waals surface area contributed by atoms with Crippen LogP contribution in [0.4, 0.5) is 0 Å². The van der Waals surface area contributed by atoms with Gasteiger partial charge in [0, 0.05) is 6.61 Å². The third-order valence-corrected chi connectivity index (χ3v) is 3.20. The number of β-lactam (4-membered cyclic amide) rings is 1. The van der Waals surface area contributed by atoms with Crippen molar-refractivity contribution in [1.82, 2.24) is 5.32 Å². The number of ether oxygens (including phenoxy) is 2. The molecule has 88 valence electrons. The zero-order valence-electron chi connectivity index (χ0n) is 9.30. The molecule has 1 saturated heterocycles. The van der Waals surface area contributed by atoms with Crippen LogP contribution in [0.15, 0.2) is 16.8 Å². The third kappa shape index (κ3) is 2.26. The number of nitrogens with one attached hydrogen (secondary N) is 1. The van der Waals surface area contributed by atoms with Gasteiger partial charge in [-0.25, -0.2) is 0 Å². The van der Waals surface area contributed by atoms with Crippen molar-refractivity contribution in [2.24, 2.45) is 0 Å². The molecule has 2 heterocycles. The van der Waals surface area contributed by atoms with E-state index in [0.29, 0.717) is 6.61 Å². The minimum atomic E-state index is -0.420. The van der Waals surface area contributed by atoms with Gasteiger partial charge in [-0.15, -0.1) is 0 Å². The molecule has 0 radical (unpaired) electrons. The summed E-state index contributed by atoms with van der Waals surface area (Å²) in [5.41, 5.74) is 1.10. The maximum atomic E-state index is 11.4. The Morgan fingerprint density at radius 1 is 1.62 bits per heavy atom. The number of hydrogen-bond acceptors (Lipinski definition) is 4. The van der Waals surface area contributed by atoms with Crippen LogP contribution in [-0.4, -0.2) is 24.9 Å². The monoisotopic (exact) mass is 241 g/mol. The quantitative estimate of drug-likeness (QED) is 0.630. The molecule has 1 unspecified atom stereocenters. The zero-order valence-corrected chi connectivity index (χ0v) is 10.1. The summed E-state index contributed by atoms with van der Waals surface area (Å²) in [5.74, 6) is -0.0669. The Labute approximate surface area is 98.6 Å². The Bertz CT molecular complexity index is 352. The fraction of sp³-hybridized carbons (Fsp3) is 0.545. The van der Waals surface area contributed by atoms with Gasteiger partial charge in [0.05, 0.1) is 6.04 Å². The van der Waals surface area contributed by atoms with Crippen LogP contribution in [0.25, 0.3) is 0 Å². The number of carbonyl (C=O) groups excluding carboxylic acids is 1. The second kappa shape index (κ2) is 4.95. The fourth-order valence-electron chi connectivity index (χ4n) is 1.70. The Hall–Kier alpha value is -0.910. The number of carbonyl (C=O) groups is 1. The first-order chi connectivity index (χ1) is 7.72. The van der Waals surface area contributed by atoms with Crippen LogP contribution >= 0.6 is 11.3 Å². The molecule has 3 atom stereocenters. The topological polar surface area (TPSA) is 47.6 Å². The molecule has 5 heteroatoms. The van der Waals surface area contributed by atoms with Gasteiger partial charge in [0.25, 0.3) is 5.91 Å². The molecule has 4 nitrogen and oxygen atoms in total. The predicted octanol–water partition coefficient (Wildman–Crippen LogP) is 1.69. The summed E-state index contributed by atoms with van der Waals surface area (Å²) in [6.45, 7) is 4.29. The van der Waals surface area contributed by atoms with Crippen molar-refractivity contribution >= 4 is 17.2 Å². The van der Waals surface area contributed by atoms with Crippen LogP contribution in [0.1, 0.15) is 25.5 Å². The highest BCUT2D eigenvalue weighted by Gasteiger charge is 2.42. The van der Waals surface area contributed by atoms with Crippen LogP contribution in [0.3, 0.4) is 0 Å². The standard InChI is InChI=1S/C11H15NO3S/c1-3-14-7(2)15-10-9(12-11(10)13)8-4-5-16-6-8/h4-7,9-10H,3H2,1-2H3,(H,12,13)/t7?,9-,10+/m0/s1. The normalized spacial score (nSPS) is 26.0. The Balaban J connectivity index is 1.95. The first-order valence-electron chi connectivity index (χ1n) is 5.32. The minimum Gasteiger partial charge on any atom is -0.353 e. The van der Waals surface area contributed by atoms with E-state index in [2.05, 4.69) is 5.32 Å². The van der Waals surface area contributed by atoms with Gasteiger partial charge in [0.1, 0.15) is 0 Å². The summed E-state index contributed by atoms with van der Waals surface area (Å²) >= 11 is 1.61. The molecule has 0 saturated carbocycles. The Morgan fingerprint density at radius 3 is 3.00 bits per heavy atom. The van der Waals surface area contributed by atoms with Gasteiger partial charge in [-0.2, -0.15) is 11.3 Å². The molecular formula is C11H15NO3S. The highest BCUT2D eigenvalue weighted by Crippen LogP contribution is 2.29. The number of rotatable bonds is 5. The van der Waals surface area contributed by atoms with E-state index in [9.17, 15) is 4.79 Å². The molecule has 16 heavy (non-hydrogen) atoms. The highest BCUT2D eigenvalue weighted by molar-refractivity contribution is 7.08. The van der Waals surface area contributed by atoms with Crippen molar-refractivity contribution in [1.29, 1.82) is 0 Å². The summed E-state index contributed by atoms with van der Waals surface area (Å²) in [7, 11) is 0. The molecule has 1 aromatic heterocycles. The van der Waals surface area contributed by atoms with Gasteiger partial charge in [-0.05, 0) is 36.2 Å². The number of thiophene rings is 1. The summed E-state index contributed by atoms with van der Waals surface area (Å²) in [6, 6.07) is 1.97. The van der Waals surface area contributed by atoms with Gasteiger partial charge in [-0.3, -0.25) is 4.79 Å². The lowest BCUT2D eigenvalue weighted by molar-refractivity contribution is -0.191. The number of amides is 1. The van der Waals surface area contributed by atoms with Gasteiger partial charge >= 0.3 is 0 Å². The Morgan fingerprint density at radius 2 is 2.44 bits per heavy atom. The summed E-state index contributed by atoms with van der Waals surface area (Å²) in [6.07, 6.45) is -0.765. The average Bonchev–Trinajstić information content (AvgIpc) is 2.76. The third-order valence-electron chi connectivity index (χ3n) is 2.50. The zero-order chi connectivity index (χ0) is 11.5. The molecule has 1 aliphatic rings. The molecule has 1 amide bonds. The molecule has 0 aromatic carbocycles. The van der Waals surface area contributed by atoms with Crippen LogP contribution in [0.5, 0.6) is 0 Å². The molecule has 1 aliphatic heterocycles. The van der Waals surface area contributed by atoms with E-state index in [1.54, 1.807) is 18.3 Å². The van der Waals surface area contributed by atoms with E-state index >= 15 is 0 Å². The van der Waals surface area contributed by atoms with E-state index in [4.69, 9.17) is 9.47 Å². The fourth-order valence-corrected chi connectivity index (χ4v) is 2.39. The van der Waals surface area contributed by atoms with Gasteiger partial charge < -0.3 is 14.8 Å². The second-order valence-electron chi connectivity index (χ2n) is 3.62. The lowest BCUT2D eigenvalue weighted by atomic mass is 9.96. The molecule has 1 fully saturated rings. The van der Waals surface area contributed by atoms with E-state index in [0.717, 1.165) is 5.56 Å². The molecule has 1 N–H and O–H groups in total. The van der Waals surface area contributed by atoms with Gasteiger partial charge in [-0.1, -0.05) is 0 Å². The van der Waals surface area contributed by atoms with E-state index < -0.39 is 6.10 Å². The first-order valence-corrected chi connectivity index (χ1v) is 6.26. The SMILES string of the molecule is CCOC(C)O[C@H]1C(=O)N[C@H]1c1ccsc1. The van der Waals surface area contributed by atoms with Gasteiger partial charge in [0.15, 0.2) is 12.4 Å². The van der Waals surface area contributed by atoms with Crippen molar-refractivity contribution < 1.29 is 14.3 Å². The largest absolute Gasteiger partial charge is 0.353 e. The molecule has 1 aromatic rings. The van der Waals surface area contributed by atoms with Gasteiger partial charge in [0.2, 0.25) is 0 Å². The highest BCUT2D eigenvalue weighted by atomic mass is 32.1. The molecule has 0 spiro atoms. The molecule has 2 rings (SSSR count). The first kappa shape index (κ1) is 11.6. The van der Waals surface area contributed by atoms with Crippen molar-refractivity contribution in [3.8, 4) is 0 Å². The molecular weight excluding hydrogens is 226 g/mol. The summed E-state index contributed by atoms with van der Waals surface area (Å²) in [5, 5.41) is 6.84. The molecule has 0 bridgehead atoms. The van der Waals surface area contributed by atoms with E-state index in [1.165, 1.54) is 0 Å².